The highest BCUT2D eigenvalue weighted by molar-refractivity contribution is 6.14. The fourth-order valence-electron chi connectivity index (χ4n) is 6.91. The Morgan fingerprint density at radius 2 is 1.32 bits per heavy atom. The molecular weight excluding hydrogens is 639 g/mol. The number of aliphatic carboxylic acids is 1. The third-order valence-electron chi connectivity index (χ3n) is 9.26. The van der Waals surface area contributed by atoms with E-state index in [-0.39, 0.29) is 11.7 Å². The van der Waals surface area contributed by atoms with E-state index in [4.69, 9.17) is 5.73 Å². The number of para-hydroxylation sites is 1. The predicted octanol–water partition coefficient (Wildman–Crippen LogP) is 10.3. The maximum atomic E-state index is 12.1. The van der Waals surface area contributed by atoms with Gasteiger partial charge in [-0.05, 0) is 69.8 Å². The number of H-pyrrole nitrogens is 1. The first kappa shape index (κ1) is 32.6. The number of benzene rings is 6. The molecule has 1 aromatic heterocycles. The van der Waals surface area contributed by atoms with Crippen molar-refractivity contribution in [2.45, 2.75) is 19.2 Å². The number of aromatic nitrogens is 1. The van der Waals surface area contributed by atoms with Gasteiger partial charge in [-0.25, -0.2) is 0 Å². The second-order valence-electron chi connectivity index (χ2n) is 12.3. The number of nitrogens with one attached hydrogen (secondary N) is 1. The fourth-order valence-corrected chi connectivity index (χ4v) is 6.91. The van der Waals surface area contributed by atoms with Crippen LogP contribution in [0.5, 0.6) is 5.75 Å². The Bertz CT molecular complexity index is 2290. The molecule has 8 rings (SSSR count). The van der Waals surface area contributed by atoms with Crippen LogP contribution < -0.4 is 15.4 Å². The van der Waals surface area contributed by atoms with E-state index in [1.54, 1.807) is 12.1 Å². The molecule has 0 spiro atoms. The number of anilines is 2. The number of alkyl halides is 3. The number of ether oxygens (including phenoxy) is 1. The lowest BCUT2D eigenvalue weighted by atomic mass is 9.91. The van der Waals surface area contributed by atoms with E-state index in [0.717, 1.165) is 35.1 Å². The predicted molar refractivity (Wildman–Crippen MR) is 194 cm³/mol. The lowest BCUT2D eigenvalue weighted by molar-refractivity contribution is -0.274. The van der Waals surface area contributed by atoms with Crippen molar-refractivity contribution < 1.29 is 27.8 Å². The van der Waals surface area contributed by atoms with Crippen molar-refractivity contribution >= 4 is 49.9 Å². The minimum Gasteiger partial charge on any atom is -0.481 e. The number of nitrogens with zero attached hydrogens (tertiary/aromatic N) is 1. The number of rotatable bonds is 5. The van der Waals surface area contributed by atoms with Crippen LogP contribution in [0.2, 0.25) is 0 Å². The van der Waals surface area contributed by atoms with E-state index in [0.29, 0.717) is 18.7 Å². The SMILES string of the molecule is Nc1[nH]c2ccccc2c1-c1ccc(OC(F)(F)F)cc1.O=C(O)C1CCN(c2ccc3c(ccc4ccccc43)c2-c2ccccc2)CC1. The van der Waals surface area contributed by atoms with Crippen molar-refractivity contribution in [3.63, 3.8) is 0 Å². The summed E-state index contributed by atoms with van der Waals surface area (Å²) in [6.45, 7) is 1.55. The number of nitrogens with two attached hydrogens (primary N) is 1. The second kappa shape index (κ2) is 13.5. The molecule has 7 aromatic rings. The number of hydrogen-bond donors (Lipinski definition) is 3. The lowest BCUT2D eigenvalue weighted by Crippen LogP contribution is -2.36. The summed E-state index contributed by atoms with van der Waals surface area (Å²) in [5.74, 6) is -0.681. The summed E-state index contributed by atoms with van der Waals surface area (Å²) in [5.41, 5.74) is 12.0. The van der Waals surface area contributed by atoms with Crippen molar-refractivity contribution in [2.24, 2.45) is 5.92 Å². The molecule has 6 aromatic carbocycles. The summed E-state index contributed by atoms with van der Waals surface area (Å²) < 4.78 is 40.3. The molecule has 50 heavy (non-hydrogen) atoms. The maximum Gasteiger partial charge on any atom is 0.573 e. The fraction of sp³-hybridized carbons (Fsp3) is 0.146. The van der Waals surface area contributed by atoms with E-state index in [2.05, 4.69) is 87.4 Å². The molecule has 6 nitrogen and oxygen atoms in total. The topological polar surface area (TPSA) is 91.6 Å². The van der Waals surface area contributed by atoms with Crippen LogP contribution in [0.1, 0.15) is 12.8 Å². The third kappa shape index (κ3) is 6.67. The number of halogens is 3. The second-order valence-corrected chi connectivity index (χ2v) is 12.3. The van der Waals surface area contributed by atoms with Gasteiger partial charge in [-0.3, -0.25) is 4.79 Å². The van der Waals surface area contributed by atoms with Crippen LogP contribution in [0, 0.1) is 5.92 Å². The number of fused-ring (bicyclic) bond motifs is 4. The molecule has 1 saturated heterocycles. The molecule has 0 amide bonds. The Balaban J connectivity index is 0.000000166. The summed E-state index contributed by atoms with van der Waals surface area (Å²) in [5, 5.41) is 15.3. The van der Waals surface area contributed by atoms with Gasteiger partial charge in [0.05, 0.1) is 5.92 Å². The molecule has 0 atom stereocenters. The first-order valence-electron chi connectivity index (χ1n) is 16.4. The highest BCUT2D eigenvalue weighted by Crippen LogP contribution is 2.41. The number of hydrogen-bond acceptors (Lipinski definition) is 4. The molecule has 0 radical (unpaired) electrons. The molecule has 9 heteroatoms. The normalized spacial score (nSPS) is 13.7. The summed E-state index contributed by atoms with van der Waals surface area (Å²) >= 11 is 0. The van der Waals surface area contributed by atoms with Gasteiger partial charge in [0.15, 0.2) is 0 Å². The molecule has 4 N–H and O–H groups in total. The number of piperidine rings is 1. The first-order valence-corrected chi connectivity index (χ1v) is 16.4. The van der Waals surface area contributed by atoms with Gasteiger partial charge in [0, 0.05) is 40.8 Å². The molecule has 0 saturated carbocycles. The minimum atomic E-state index is -4.69. The quantitative estimate of drug-likeness (QED) is 0.158. The van der Waals surface area contributed by atoms with E-state index in [9.17, 15) is 23.1 Å². The zero-order valence-corrected chi connectivity index (χ0v) is 27.0. The number of carbonyl (C=O) groups is 1. The van der Waals surface area contributed by atoms with Gasteiger partial charge in [0.25, 0.3) is 0 Å². The van der Waals surface area contributed by atoms with Crippen LogP contribution in [-0.4, -0.2) is 35.5 Å². The van der Waals surface area contributed by atoms with Crippen molar-refractivity contribution in [3.8, 4) is 28.0 Å². The maximum absolute atomic E-state index is 12.1. The molecule has 0 aliphatic carbocycles. The molecule has 1 aliphatic heterocycles. The Kier molecular flexibility index (Phi) is 8.80. The van der Waals surface area contributed by atoms with Crippen molar-refractivity contribution in [3.05, 3.63) is 127 Å². The van der Waals surface area contributed by atoms with E-state index in [1.807, 2.05) is 30.3 Å². The number of aromatic amines is 1. The summed E-state index contributed by atoms with van der Waals surface area (Å²) in [6.07, 6.45) is -3.31. The minimum absolute atomic E-state index is 0.226. The highest BCUT2D eigenvalue weighted by Gasteiger charge is 2.31. The van der Waals surface area contributed by atoms with Crippen molar-refractivity contribution in [2.75, 3.05) is 23.7 Å². The zero-order chi connectivity index (χ0) is 34.8. The van der Waals surface area contributed by atoms with Crippen molar-refractivity contribution in [1.82, 2.24) is 4.98 Å². The van der Waals surface area contributed by atoms with Crippen molar-refractivity contribution in [1.29, 1.82) is 0 Å². The van der Waals surface area contributed by atoms with Crippen LogP contribution in [0.15, 0.2) is 127 Å². The number of carboxylic acids is 1. The average Bonchev–Trinajstić information content (AvgIpc) is 3.47. The van der Waals surface area contributed by atoms with Crippen LogP contribution in [0.3, 0.4) is 0 Å². The monoisotopic (exact) mass is 673 g/mol. The van der Waals surface area contributed by atoms with Gasteiger partial charge < -0.3 is 25.5 Å². The van der Waals surface area contributed by atoms with Gasteiger partial charge in [-0.1, -0.05) is 103 Å². The van der Waals surface area contributed by atoms with Crippen LogP contribution in [0.25, 0.3) is 54.7 Å². The Labute approximate surface area is 286 Å². The van der Waals surface area contributed by atoms with Gasteiger partial charge in [-0.15, -0.1) is 13.2 Å². The summed E-state index contributed by atoms with van der Waals surface area (Å²) in [4.78, 5) is 16.8. The van der Waals surface area contributed by atoms with Gasteiger partial charge in [0.1, 0.15) is 11.6 Å². The summed E-state index contributed by atoms with van der Waals surface area (Å²) in [6, 6.07) is 41.1. The summed E-state index contributed by atoms with van der Waals surface area (Å²) in [7, 11) is 0. The average molecular weight is 674 g/mol. The molecular formula is C41H34F3N3O3. The highest BCUT2D eigenvalue weighted by atomic mass is 19.4. The van der Waals surface area contributed by atoms with Crippen LogP contribution in [-0.2, 0) is 4.79 Å². The smallest absolute Gasteiger partial charge is 0.481 e. The Hall–Kier alpha value is -5.96. The number of nitrogen functional groups attached to an aromatic ring is 1. The Morgan fingerprint density at radius 3 is 2.02 bits per heavy atom. The van der Waals surface area contributed by atoms with Gasteiger partial charge in [0.2, 0.25) is 0 Å². The van der Waals surface area contributed by atoms with Crippen LogP contribution in [0.4, 0.5) is 24.7 Å². The molecule has 0 unspecified atom stereocenters. The largest absolute Gasteiger partial charge is 0.573 e. The van der Waals surface area contributed by atoms with E-state index >= 15 is 0 Å². The van der Waals surface area contributed by atoms with Crippen LogP contribution >= 0.6 is 0 Å². The zero-order valence-electron chi connectivity index (χ0n) is 27.0. The third-order valence-corrected chi connectivity index (χ3v) is 9.26. The number of carboxylic acid groups (broad SMARTS) is 1. The standard InChI is InChI=1S/C26H23NO2.C15H11F3N2O/c28-26(29)20-14-16-27(17-15-20)24-13-12-22-21-9-5-4-6-18(21)10-11-23(22)25(24)19-7-2-1-3-8-19;16-15(17,18)21-10-7-5-9(6-8-10)13-11-3-1-2-4-12(11)20-14(13)19/h1-13,20H,14-17H2,(H,28,29);1-8,20H,19H2. The molecule has 0 bridgehead atoms. The molecule has 1 fully saturated rings. The molecule has 252 valence electrons. The Morgan fingerprint density at radius 1 is 0.700 bits per heavy atom. The molecule has 2 heterocycles. The van der Waals surface area contributed by atoms with Gasteiger partial charge in [-0.2, -0.15) is 0 Å². The lowest BCUT2D eigenvalue weighted by Gasteiger charge is -2.34. The van der Waals surface area contributed by atoms with Gasteiger partial charge >= 0.3 is 12.3 Å². The molecule has 1 aliphatic rings. The van der Waals surface area contributed by atoms with E-state index < -0.39 is 12.3 Å². The first-order chi connectivity index (χ1) is 24.2. The van der Waals surface area contributed by atoms with E-state index in [1.165, 1.54) is 50.5 Å².